The lowest BCUT2D eigenvalue weighted by Crippen LogP contribution is -2.55. The summed E-state index contributed by atoms with van der Waals surface area (Å²) in [4.78, 5) is 9.77. The summed E-state index contributed by atoms with van der Waals surface area (Å²) in [6, 6.07) is 7.27. The van der Waals surface area contributed by atoms with Gasteiger partial charge in [-0.25, -0.2) is 4.98 Å². The molecule has 0 aliphatic carbocycles. The van der Waals surface area contributed by atoms with Gasteiger partial charge in [0.05, 0.1) is 5.69 Å². The molecule has 2 aromatic heterocycles. The second kappa shape index (κ2) is 5.66. The highest BCUT2D eigenvalue weighted by Crippen LogP contribution is 2.25. The Labute approximate surface area is 126 Å². The molecule has 5 nitrogen and oxygen atoms in total. The summed E-state index contributed by atoms with van der Waals surface area (Å²) < 4.78 is 2.19. The van der Waals surface area contributed by atoms with Crippen LogP contribution in [0, 0.1) is 0 Å². The van der Waals surface area contributed by atoms with Gasteiger partial charge in [-0.2, -0.15) is 0 Å². The minimum atomic E-state index is 0.543. The number of aromatic nitrogens is 2. The summed E-state index contributed by atoms with van der Waals surface area (Å²) in [6.07, 6.45) is 2.10. The maximum absolute atomic E-state index is 4.88. The van der Waals surface area contributed by atoms with Crippen molar-refractivity contribution in [2.24, 2.45) is 0 Å². The van der Waals surface area contributed by atoms with E-state index in [1.807, 2.05) is 13.1 Å². The van der Waals surface area contributed by atoms with E-state index >= 15 is 0 Å². The van der Waals surface area contributed by atoms with Crippen molar-refractivity contribution in [3.63, 3.8) is 0 Å². The first-order valence-corrected chi connectivity index (χ1v) is 7.69. The zero-order valence-electron chi connectivity index (χ0n) is 13.4. The lowest BCUT2D eigenvalue weighted by atomic mass is 10.1. The van der Waals surface area contributed by atoms with Crippen LogP contribution in [-0.4, -0.2) is 53.6 Å². The first kappa shape index (κ1) is 14.4. The first-order chi connectivity index (χ1) is 10.1. The van der Waals surface area contributed by atoms with E-state index in [0.717, 1.165) is 31.1 Å². The number of rotatable bonds is 3. The molecule has 2 unspecified atom stereocenters. The van der Waals surface area contributed by atoms with Gasteiger partial charge in [0.1, 0.15) is 5.65 Å². The van der Waals surface area contributed by atoms with Gasteiger partial charge in [-0.05, 0) is 40.1 Å². The smallest absolute Gasteiger partial charge is 0.152 e. The summed E-state index contributed by atoms with van der Waals surface area (Å²) in [5.74, 6) is 1.13. The second-order valence-electron chi connectivity index (χ2n) is 6.11. The van der Waals surface area contributed by atoms with Crippen molar-refractivity contribution in [2.45, 2.75) is 32.5 Å². The average molecular weight is 287 g/mol. The molecule has 1 aliphatic heterocycles. The fourth-order valence-corrected chi connectivity index (χ4v) is 3.20. The number of pyridine rings is 1. The highest BCUT2D eigenvalue weighted by Gasteiger charge is 2.29. The number of anilines is 1. The third-order valence-electron chi connectivity index (χ3n) is 4.61. The fraction of sp³-hybridized carbons (Fsp3) is 0.562. The third kappa shape index (κ3) is 2.51. The third-order valence-corrected chi connectivity index (χ3v) is 4.61. The minimum Gasteiger partial charge on any atom is -0.352 e. The van der Waals surface area contributed by atoms with E-state index < -0.39 is 0 Å². The number of piperazine rings is 1. The van der Waals surface area contributed by atoms with E-state index in [-0.39, 0.29) is 0 Å². The van der Waals surface area contributed by atoms with Crippen LogP contribution < -0.4 is 10.2 Å². The highest BCUT2D eigenvalue weighted by molar-refractivity contribution is 5.56. The predicted octanol–water partition coefficient (Wildman–Crippen LogP) is 1.58. The van der Waals surface area contributed by atoms with E-state index in [1.165, 1.54) is 5.69 Å². The molecular weight excluding hydrogens is 262 g/mol. The van der Waals surface area contributed by atoms with Crippen molar-refractivity contribution in [1.29, 1.82) is 0 Å². The zero-order chi connectivity index (χ0) is 15.0. The van der Waals surface area contributed by atoms with Crippen LogP contribution in [0.15, 0.2) is 24.4 Å². The van der Waals surface area contributed by atoms with Crippen LogP contribution >= 0.6 is 0 Å². The van der Waals surface area contributed by atoms with Gasteiger partial charge in [0.25, 0.3) is 0 Å². The standard InChI is InChI=1S/C16H25N5/c1-12-10-20(11-13(2)19(12)4)16-14(9-17-3)21-8-6-5-7-15(21)18-16/h5-8,12-13,17H,9-11H2,1-4H3. The van der Waals surface area contributed by atoms with Gasteiger partial charge in [-0.1, -0.05) is 6.07 Å². The fourth-order valence-electron chi connectivity index (χ4n) is 3.20. The molecule has 5 heteroatoms. The molecule has 21 heavy (non-hydrogen) atoms. The van der Waals surface area contributed by atoms with Gasteiger partial charge in [-0.3, -0.25) is 4.90 Å². The van der Waals surface area contributed by atoms with Crippen molar-refractivity contribution < 1.29 is 0 Å². The Morgan fingerprint density at radius 1 is 1.24 bits per heavy atom. The average Bonchev–Trinajstić information content (AvgIpc) is 2.84. The van der Waals surface area contributed by atoms with E-state index in [1.54, 1.807) is 0 Å². The molecule has 1 N–H and O–H groups in total. The van der Waals surface area contributed by atoms with Crippen molar-refractivity contribution in [3.05, 3.63) is 30.1 Å². The molecule has 114 valence electrons. The molecule has 0 radical (unpaired) electrons. The van der Waals surface area contributed by atoms with Crippen LogP contribution in [0.25, 0.3) is 5.65 Å². The topological polar surface area (TPSA) is 35.8 Å². The molecule has 0 spiro atoms. The summed E-state index contributed by atoms with van der Waals surface area (Å²) in [5.41, 5.74) is 2.27. The number of fused-ring (bicyclic) bond motifs is 1. The molecule has 1 saturated heterocycles. The van der Waals surface area contributed by atoms with Crippen LogP contribution in [0.4, 0.5) is 5.82 Å². The number of hydrogen-bond acceptors (Lipinski definition) is 4. The Hall–Kier alpha value is -1.59. The number of nitrogens with one attached hydrogen (secondary N) is 1. The Kier molecular flexibility index (Phi) is 3.87. The van der Waals surface area contributed by atoms with Crippen LogP contribution in [0.1, 0.15) is 19.5 Å². The number of likely N-dealkylation sites (N-methyl/N-ethyl adjacent to an activating group) is 1. The lowest BCUT2D eigenvalue weighted by Gasteiger charge is -2.42. The Bertz CT molecular complexity index is 608. The van der Waals surface area contributed by atoms with Gasteiger partial charge in [0.15, 0.2) is 5.82 Å². The highest BCUT2D eigenvalue weighted by atomic mass is 15.3. The Morgan fingerprint density at radius 2 is 1.95 bits per heavy atom. The van der Waals surface area contributed by atoms with E-state index in [9.17, 15) is 0 Å². The van der Waals surface area contributed by atoms with E-state index in [0.29, 0.717) is 12.1 Å². The van der Waals surface area contributed by atoms with Gasteiger partial charge in [0, 0.05) is 37.9 Å². The molecule has 3 heterocycles. The van der Waals surface area contributed by atoms with Crippen LogP contribution in [0.5, 0.6) is 0 Å². The van der Waals surface area contributed by atoms with Crippen LogP contribution in [0.2, 0.25) is 0 Å². The van der Waals surface area contributed by atoms with Gasteiger partial charge in [-0.15, -0.1) is 0 Å². The number of imidazole rings is 1. The summed E-state index contributed by atoms with van der Waals surface area (Å²) >= 11 is 0. The Morgan fingerprint density at radius 3 is 2.62 bits per heavy atom. The molecule has 1 aliphatic rings. The van der Waals surface area contributed by atoms with Crippen LogP contribution in [0.3, 0.4) is 0 Å². The maximum atomic E-state index is 4.88. The zero-order valence-corrected chi connectivity index (χ0v) is 13.4. The molecule has 0 aromatic carbocycles. The van der Waals surface area contributed by atoms with Crippen LogP contribution in [-0.2, 0) is 6.54 Å². The lowest BCUT2D eigenvalue weighted by molar-refractivity contribution is 0.169. The Balaban J connectivity index is 2.01. The predicted molar refractivity (Wildman–Crippen MR) is 86.9 cm³/mol. The maximum Gasteiger partial charge on any atom is 0.152 e. The van der Waals surface area contributed by atoms with Gasteiger partial charge >= 0.3 is 0 Å². The second-order valence-corrected chi connectivity index (χ2v) is 6.11. The molecule has 2 atom stereocenters. The minimum absolute atomic E-state index is 0.543. The molecular formula is C16H25N5. The van der Waals surface area contributed by atoms with E-state index in [4.69, 9.17) is 4.98 Å². The molecule has 0 bridgehead atoms. The van der Waals surface area contributed by atoms with Gasteiger partial charge < -0.3 is 14.6 Å². The summed E-state index contributed by atoms with van der Waals surface area (Å²) in [6.45, 7) is 7.46. The number of hydrogen-bond donors (Lipinski definition) is 1. The SMILES string of the molecule is CNCc1c(N2CC(C)N(C)C(C)C2)nc2ccccn12. The molecule has 1 fully saturated rings. The van der Waals surface area contributed by atoms with Crippen molar-refractivity contribution in [1.82, 2.24) is 19.6 Å². The summed E-state index contributed by atoms with van der Waals surface area (Å²) in [7, 11) is 4.20. The largest absolute Gasteiger partial charge is 0.352 e. The normalized spacial score (nSPS) is 23.9. The van der Waals surface area contributed by atoms with Crippen molar-refractivity contribution in [2.75, 3.05) is 32.1 Å². The summed E-state index contributed by atoms with van der Waals surface area (Å²) in [5, 5.41) is 3.28. The monoisotopic (exact) mass is 287 g/mol. The number of nitrogens with zero attached hydrogens (tertiary/aromatic N) is 4. The first-order valence-electron chi connectivity index (χ1n) is 7.69. The molecule has 2 aromatic rings. The molecule has 3 rings (SSSR count). The van der Waals surface area contributed by atoms with Crippen molar-refractivity contribution in [3.8, 4) is 0 Å². The van der Waals surface area contributed by atoms with Gasteiger partial charge in [0.2, 0.25) is 0 Å². The van der Waals surface area contributed by atoms with Crippen molar-refractivity contribution >= 4 is 11.5 Å². The molecule has 0 amide bonds. The van der Waals surface area contributed by atoms with E-state index in [2.05, 4.69) is 58.7 Å². The quantitative estimate of drug-likeness (QED) is 0.930. The molecule has 0 saturated carbocycles.